The van der Waals surface area contributed by atoms with Crippen LogP contribution in [0.1, 0.15) is 12.7 Å². The van der Waals surface area contributed by atoms with Crippen LogP contribution >= 0.6 is 11.6 Å². The summed E-state index contributed by atoms with van der Waals surface area (Å²) in [6.07, 6.45) is 0. The van der Waals surface area contributed by atoms with Crippen LogP contribution in [0.25, 0.3) is 5.69 Å². The number of aromatic nitrogens is 4. The standard InChI is InChI=1S/C11H14ClN5O/c1-3-13-7-11-14-15-16-17(11)8-4-5-9(12)10(6-8)18-2/h4-6,13H,3,7H2,1-2H3. The minimum atomic E-state index is 0.558. The Morgan fingerprint density at radius 3 is 3.00 bits per heavy atom. The fourth-order valence-corrected chi connectivity index (χ4v) is 1.73. The highest BCUT2D eigenvalue weighted by molar-refractivity contribution is 6.32. The van der Waals surface area contributed by atoms with E-state index < -0.39 is 0 Å². The van der Waals surface area contributed by atoms with E-state index >= 15 is 0 Å². The monoisotopic (exact) mass is 267 g/mol. The van der Waals surface area contributed by atoms with Crippen molar-refractivity contribution in [2.24, 2.45) is 0 Å². The fraction of sp³-hybridized carbons (Fsp3) is 0.364. The van der Waals surface area contributed by atoms with Crippen molar-refractivity contribution in [1.82, 2.24) is 25.5 Å². The molecule has 18 heavy (non-hydrogen) atoms. The lowest BCUT2D eigenvalue weighted by atomic mass is 10.3. The fourth-order valence-electron chi connectivity index (χ4n) is 1.53. The van der Waals surface area contributed by atoms with Crippen LogP contribution in [-0.4, -0.2) is 33.9 Å². The van der Waals surface area contributed by atoms with Gasteiger partial charge >= 0.3 is 0 Å². The van der Waals surface area contributed by atoms with E-state index in [1.807, 2.05) is 13.0 Å². The van der Waals surface area contributed by atoms with Crippen LogP contribution in [0.2, 0.25) is 5.02 Å². The van der Waals surface area contributed by atoms with Crippen LogP contribution in [0.3, 0.4) is 0 Å². The van der Waals surface area contributed by atoms with Gasteiger partial charge in [-0.15, -0.1) is 5.10 Å². The first-order chi connectivity index (χ1) is 8.76. The summed E-state index contributed by atoms with van der Waals surface area (Å²) in [6, 6.07) is 5.40. The molecule has 1 N–H and O–H groups in total. The number of benzene rings is 1. The van der Waals surface area contributed by atoms with Gasteiger partial charge in [0.15, 0.2) is 5.82 Å². The zero-order valence-corrected chi connectivity index (χ0v) is 11.0. The average molecular weight is 268 g/mol. The normalized spacial score (nSPS) is 10.6. The predicted octanol–water partition coefficient (Wildman–Crippen LogP) is 1.43. The van der Waals surface area contributed by atoms with Gasteiger partial charge in [-0.1, -0.05) is 18.5 Å². The van der Waals surface area contributed by atoms with Crippen molar-refractivity contribution < 1.29 is 4.74 Å². The van der Waals surface area contributed by atoms with Gasteiger partial charge in [0.1, 0.15) is 5.75 Å². The first kappa shape index (κ1) is 12.8. The number of nitrogens with one attached hydrogen (secondary N) is 1. The number of halogens is 1. The summed E-state index contributed by atoms with van der Waals surface area (Å²) >= 11 is 5.98. The molecule has 1 heterocycles. The number of hydrogen-bond acceptors (Lipinski definition) is 5. The van der Waals surface area contributed by atoms with E-state index in [0.29, 0.717) is 17.3 Å². The van der Waals surface area contributed by atoms with E-state index in [0.717, 1.165) is 18.1 Å². The van der Waals surface area contributed by atoms with Crippen LogP contribution in [0.4, 0.5) is 0 Å². The molecule has 2 rings (SSSR count). The Morgan fingerprint density at radius 2 is 2.28 bits per heavy atom. The highest BCUT2D eigenvalue weighted by atomic mass is 35.5. The van der Waals surface area contributed by atoms with Crippen molar-refractivity contribution in [3.63, 3.8) is 0 Å². The third-order valence-electron chi connectivity index (χ3n) is 2.45. The van der Waals surface area contributed by atoms with E-state index in [-0.39, 0.29) is 0 Å². The molecule has 0 bridgehead atoms. The molecule has 0 saturated carbocycles. The van der Waals surface area contributed by atoms with E-state index in [9.17, 15) is 0 Å². The van der Waals surface area contributed by atoms with Gasteiger partial charge in [0.05, 0.1) is 24.4 Å². The maximum Gasteiger partial charge on any atom is 0.170 e. The van der Waals surface area contributed by atoms with E-state index in [4.69, 9.17) is 16.3 Å². The summed E-state index contributed by atoms with van der Waals surface area (Å²) in [5, 5.41) is 15.4. The number of methoxy groups -OCH3 is 1. The predicted molar refractivity (Wildman–Crippen MR) is 68.1 cm³/mol. The Kier molecular flexibility index (Phi) is 4.11. The smallest absolute Gasteiger partial charge is 0.170 e. The van der Waals surface area contributed by atoms with Gasteiger partial charge in [0.2, 0.25) is 0 Å². The van der Waals surface area contributed by atoms with Crippen molar-refractivity contribution in [2.45, 2.75) is 13.5 Å². The van der Waals surface area contributed by atoms with Gasteiger partial charge in [0.25, 0.3) is 0 Å². The molecule has 1 aromatic heterocycles. The zero-order valence-electron chi connectivity index (χ0n) is 10.2. The molecule has 0 spiro atoms. The summed E-state index contributed by atoms with van der Waals surface area (Å²) < 4.78 is 6.83. The van der Waals surface area contributed by atoms with Crippen molar-refractivity contribution in [3.8, 4) is 11.4 Å². The van der Waals surface area contributed by atoms with Gasteiger partial charge < -0.3 is 10.1 Å². The molecule has 1 aromatic carbocycles. The number of rotatable bonds is 5. The summed E-state index contributed by atoms with van der Waals surface area (Å²) in [5.41, 5.74) is 0.814. The van der Waals surface area contributed by atoms with Gasteiger partial charge in [-0.2, -0.15) is 4.68 Å². The molecular weight excluding hydrogens is 254 g/mol. The number of tetrazole rings is 1. The van der Waals surface area contributed by atoms with Crippen molar-refractivity contribution in [1.29, 1.82) is 0 Å². The maximum atomic E-state index is 5.98. The Balaban J connectivity index is 2.33. The molecular formula is C11H14ClN5O. The number of hydrogen-bond donors (Lipinski definition) is 1. The third-order valence-corrected chi connectivity index (χ3v) is 2.76. The molecule has 2 aromatic rings. The second-order valence-electron chi connectivity index (χ2n) is 3.61. The van der Waals surface area contributed by atoms with Crippen LogP contribution in [0.5, 0.6) is 5.75 Å². The Hall–Kier alpha value is -1.66. The highest BCUT2D eigenvalue weighted by Crippen LogP contribution is 2.26. The minimum Gasteiger partial charge on any atom is -0.495 e. The molecule has 96 valence electrons. The molecule has 0 atom stereocenters. The van der Waals surface area contributed by atoms with Crippen LogP contribution in [0, 0.1) is 0 Å². The van der Waals surface area contributed by atoms with E-state index in [1.165, 1.54) is 0 Å². The first-order valence-electron chi connectivity index (χ1n) is 5.58. The minimum absolute atomic E-state index is 0.558. The van der Waals surface area contributed by atoms with Gasteiger partial charge in [0, 0.05) is 6.07 Å². The average Bonchev–Trinajstić information content (AvgIpc) is 2.85. The second-order valence-corrected chi connectivity index (χ2v) is 4.01. The Labute approximate surface area is 110 Å². The second kappa shape index (κ2) is 5.79. The summed E-state index contributed by atoms with van der Waals surface area (Å²) in [4.78, 5) is 0. The molecule has 6 nitrogen and oxygen atoms in total. The van der Waals surface area contributed by atoms with Crippen molar-refractivity contribution in [3.05, 3.63) is 29.0 Å². The van der Waals surface area contributed by atoms with Crippen LogP contribution < -0.4 is 10.1 Å². The molecule has 0 saturated heterocycles. The zero-order chi connectivity index (χ0) is 13.0. The molecule has 0 aliphatic rings. The Bertz CT molecular complexity index is 528. The van der Waals surface area contributed by atoms with Crippen LogP contribution in [-0.2, 0) is 6.54 Å². The lowest BCUT2D eigenvalue weighted by Crippen LogP contribution is -2.16. The van der Waals surface area contributed by atoms with Gasteiger partial charge in [-0.25, -0.2) is 0 Å². The summed E-state index contributed by atoms with van der Waals surface area (Å²) in [6.45, 7) is 3.49. The first-order valence-corrected chi connectivity index (χ1v) is 5.96. The van der Waals surface area contributed by atoms with Crippen molar-refractivity contribution in [2.75, 3.05) is 13.7 Å². The molecule has 0 aliphatic heterocycles. The molecule has 0 amide bonds. The molecule has 0 radical (unpaired) electrons. The number of ether oxygens (including phenoxy) is 1. The van der Waals surface area contributed by atoms with E-state index in [2.05, 4.69) is 20.8 Å². The van der Waals surface area contributed by atoms with Crippen molar-refractivity contribution >= 4 is 11.6 Å². The summed E-state index contributed by atoms with van der Waals surface area (Å²) in [7, 11) is 1.57. The quantitative estimate of drug-likeness (QED) is 0.888. The SMILES string of the molecule is CCNCc1nnnn1-c1ccc(Cl)c(OC)c1. The van der Waals surface area contributed by atoms with Crippen LogP contribution in [0.15, 0.2) is 18.2 Å². The third kappa shape index (κ3) is 2.60. The molecule has 0 fully saturated rings. The van der Waals surface area contributed by atoms with Gasteiger partial charge in [-0.05, 0) is 29.1 Å². The molecule has 0 aliphatic carbocycles. The highest BCUT2D eigenvalue weighted by Gasteiger charge is 2.10. The number of nitrogens with zero attached hydrogens (tertiary/aromatic N) is 4. The lowest BCUT2D eigenvalue weighted by Gasteiger charge is -2.08. The lowest BCUT2D eigenvalue weighted by molar-refractivity contribution is 0.414. The largest absolute Gasteiger partial charge is 0.495 e. The molecule has 0 unspecified atom stereocenters. The summed E-state index contributed by atoms with van der Waals surface area (Å²) in [5.74, 6) is 1.33. The van der Waals surface area contributed by atoms with Gasteiger partial charge in [-0.3, -0.25) is 0 Å². The maximum absolute atomic E-state index is 5.98. The molecule has 7 heteroatoms. The Morgan fingerprint density at radius 1 is 1.44 bits per heavy atom. The topological polar surface area (TPSA) is 64.9 Å². The van der Waals surface area contributed by atoms with E-state index in [1.54, 1.807) is 23.9 Å².